The number of rotatable bonds is 6. The number of ether oxygens (including phenoxy) is 2. The lowest BCUT2D eigenvalue weighted by Gasteiger charge is -2.28. The van der Waals surface area contributed by atoms with Crippen molar-refractivity contribution in [2.75, 3.05) is 19.8 Å². The second-order valence-electron chi connectivity index (χ2n) is 4.51. The standard InChI is InChI=1S/C13H23NO4/c1-4-17-12(15)9-10(3)14-8-6-7-11(14)13(16)18-5-2/h10-11H,4-9H2,1-3H3. The molecule has 0 aromatic rings. The Labute approximate surface area is 108 Å². The van der Waals surface area contributed by atoms with Crippen LogP contribution in [-0.2, 0) is 19.1 Å². The molecule has 2 unspecified atom stereocenters. The fourth-order valence-corrected chi connectivity index (χ4v) is 2.39. The summed E-state index contributed by atoms with van der Waals surface area (Å²) in [4.78, 5) is 25.3. The zero-order chi connectivity index (χ0) is 13.5. The first-order valence-electron chi connectivity index (χ1n) is 6.68. The van der Waals surface area contributed by atoms with Crippen molar-refractivity contribution in [1.82, 2.24) is 4.90 Å². The van der Waals surface area contributed by atoms with Gasteiger partial charge in [0.15, 0.2) is 0 Å². The van der Waals surface area contributed by atoms with Crippen LogP contribution in [0.4, 0.5) is 0 Å². The summed E-state index contributed by atoms with van der Waals surface area (Å²) in [5, 5.41) is 0. The molecule has 5 nitrogen and oxygen atoms in total. The second-order valence-corrected chi connectivity index (χ2v) is 4.51. The summed E-state index contributed by atoms with van der Waals surface area (Å²) in [5.41, 5.74) is 0. The zero-order valence-electron chi connectivity index (χ0n) is 11.5. The van der Waals surface area contributed by atoms with Gasteiger partial charge in [-0.05, 0) is 40.2 Å². The van der Waals surface area contributed by atoms with Gasteiger partial charge in [0.25, 0.3) is 0 Å². The summed E-state index contributed by atoms with van der Waals surface area (Å²) in [6.45, 7) is 7.18. The molecule has 1 rings (SSSR count). The molecule has 0 aliphatic carbocycles. The minimum atomic E-state index is -0.209. The lowest BCUT2D eigenvalue weighted by molar-refractivity contribution is -0.151. The Hall–Kier alpha value is -1.10. The van der Waals surface area contributed by atoms with Crippen molar-refractivity contribution in [3.8, 4) is 0 Å². The molecule has 5 heteroatoms. The molecule has 0 saturated carbocycles. The van der Waals surface area contributed by atoms with Crippen LogP contribution in [0, 0.1) is 0 Å². The third kappa shape index (κ3) is 3.98. The molecule has 1 aliphatic rings. The first kappa shape index (κ1) is 15.0. The van der Waals surface area contributed by atoms with Gasteiger partial charge in [0.1, 0.15) is 6.04 Å². The Balaban J connectivity index is 2.52. The summed E-state index contributed by atoms with van der Waals surface area (Å²) >= 11 is 0. The summed E-state index contributed by atoms with van der Waals surface area (Å²) < 4.78 is 10.00. The SMILES string of the molecule is CCOC(=O)CC(C)N1CCCC1C(=O)OCC. The van der Waals surface area contributed by atoms with Crippen LogP contribution < -0.4 is 0 Å². The summed E-state index contributed by atoms with van der Waals surface area (Å²) in [6.07, 6.45) is 2.10. The van der Waals surface area contributed by atoms with E-state index < -0.39 is 0 Å². The number of hydrogen-bond donors (Lipinski definition) is 0. The summed E-state index contributed by atoms with van der Waals surface area (Å²) in [5.74, 6) is -0.384. The van der Waals surface area contributed by atoms with Gasteiger partial charge < -0.3 is 9.47 Å². The monoisotopic (exact) mass is 257 g/mol. The highest BCUT2D eigenvalue weighted by molar-refractivity contribution is 5.76. The Morgan fingerprint density at radius 1 is 1.28 bits per heavy atom. The van der Waals surface area contributed by atoms with Gasteiger partial charge in [0, 0.05) is 6.04 Å². The van der Waals surface area contributed by atoms with Crippen LogP contribution in [0.15, 0.2) is 0 Å². The Morgan fingerprint density at radius 3 is 2.56 bits per heavy atom. The van der Waals surface area contributed by atoms with E-state index in [2.05, 4.69) is 4.90 Å². The van der Waals surface area contributed by atoms with Gasteiger partial charge in [0.2, 0.25) is 0 Å². The van der Waals surface area contributed by atoms with Crippen LogP contribution in [0.3, 0.4) is 0 Å². The Kier molecular flexibility index (Phi) is 6.12. The number of carbonyl (C=O) groups excluding carboxylic acids is 2. The summed E-state index contributed by atoms with van der Waals surface area (Å²) in [7, 11) is 0. The minimum absolute atomic E-state index is 0.0148. The first-order chi connectivity index (χ1) is 8.60. The van der Waals surface area contributed by atoms with Crippen LogP contribution in [0.25, 0.3) is 0 Å². The number of nitrogens with zero attached hydrogens (tertiary/aromatic N) is 1. The van der Waals surface area contributed by atoms with E-state index in [1.165, 1.54) is 0 Å². The van der Waals surface area contributed by atoms with Gasteiger partial charge in [-0.25, -0.2) is 0 Å². The average Bonchev–Trinajstić information content (AvgIpc) is 2.78. The Bertz CT molecular complexity index is 293. The quantitative estimate of drug-likeness (QED) is 0.672. The third-order valence-electron chi connectivity index (χ3n) is 3.19. The van der Waals surface area contributed by atoms with E-state index in [1.807, 2.05) is 6.92 Å². The predicted octanol–water partition coefficient (Wildman–Crippen LogP) is 1.36. The maximum Gasteiger partial charge on any atom is 0.323 e. The number of esters is 2. The molecule has 0 N–H and O–H groups in total. The lowest BCUT2D eigenvalue weighted by Crippen LogP contribution is -2.43. The molecule has 0 aromatic heterocycles. The van der Waals surface area contributed by atoms with Gasteiger partial charge in [-0.3, -0.25) is 14.5 Å². The van der Waals surface area contributed by atoms with Crippen molar-refractivity contribution in [3.05, 3.63) is 0 Å². The number of carbonyl (C=O) groups is 2. The van der Waals surface area contributed by atoms with Crippen LogP contribution in [-0.4, -0.2) is 48.7 Å². The minimum Gasteiger partial charge on any atom is -0.466 e. The highest BCUT2D eigenvalue weighted by Crippen LogP contribution is 2.22. The van der Waals surface area contributed by atoms with Crippen LogP contribution in [0.5, 0.6) is 0 Å². The van der Waals surface area contributed by atoms with Crippen LogP contribution >= 0.6 is 0 Å². The largest absolute Gasteiger partial charge is 0.466 e. The second kappa shape index (κ2) is 7.36. The first-order valence-corrected chi connectivity index (χ1v) is 6.68. The molecule has 104 valence electrons. The maximum atomic E-state index is 11.8. The molecule has 1 fully saturated rings. The molecule has 18 heavy (non-hydrogen) atoms. The third-order valence-corrected chi connectivity index (χ3v) is 3.19. The molecule has 1 saturated heterocycles. The van der Waals surface area contributed by atoms with E-state index in [9.17, 15) is 9.59 Å². The zero-order valence-corrected chi connectivity index (χ0v) is 11.5. The van der Waals surface area contributed by atoms with E-state index in [1.54, 1.807) is 13.8 Å². The highest BCUT2D eigenvalue weighted by atomic mass is 16.5. The van der Waals surface area contributed by atoms with Crippen molar-refractivity contribution in [1.29, 1.82) is 0 Å². The topological polar surface area (TPSA) is 55.8 Å². The van der Waals surface area contributed by atoms with Crippen molar-refractivity contribution in [3.63, 3.8) is 0 Å². The smallest absolute Gasteiger partial charge is 0.323 e. The Morgan fingerprint density at radius 2 is 1.94 bits per heavy atom. The van der Waals surface area contributed by atoms with Gasteiger partial charge >= 0.3 is 11.9 Å². The molecular weight excluding hydrogens is 234 g/mol. The molecule has 0 radical (unpaired) electrons. The fourth-order valence-electron chi connectivity index (χ4n) is 2.39. The number of hydrogen-bond acceptors (Lipinski definition) is 5. The van der Waals surface area contributed by atoms with E-state index >= 15 is 0 Å². The van der Waals surface area contributed by atoms with Crippen molar-refractivity contribution < 1.29 is 19.1 Å². The van der Waals surface area contributed by atoms with Crippen LogP contribution in [0.2, 0.25) is 0 Å². The maximum absolute atomic E-state index is 11.8. The molecule has 0 aromatic carbocycles. The lowest BCUT2D eigenvalue weighted by atomic mass is 10.1. The molecule has 0 amide bonds. The van der Waals surface area contributed by atoms with Crippen molar-refractivity contribution in [2.24, 2.45) is 0 Å². The molecule has 0 spiro atoms. The molecule has 1 heterocycles. The average molecular weight is 257 g/mol. The van der Waals surface area contributed by atoms with Gasteiger partial charge in [-0.15, -0.1) is 0 Å². The van der Waals surface area contributed by atoms with Gasteiger partial charge in [-0.1, -0.05) is 0 Å². The van der Waals surface area contributed by atoms with Crippen molar-refractivity contribution >= 4 is 11.9 Å². The molecule has 2 atom stereocenters. The fraction of sp³-hybridized carbons (Fsp3) is 0.846. The number of likely N-dealkylation sites (tertiary alicyclic amines) is 1. The van der Waals surface area contributed by atoms with E-state index in [0.717, 1.165) is 19.4 Å². The molecular formula is C13H23NO4. The van der Waals surface area contributed by atoms with Crippen LogP contribution in [0.1, 0.15) is 40.0 Å². The van der Waals surface area contributed by atoms with Gasteiger partial charge in [-0.2, -0.15) is 0 Å². The van der Waals surface area contributed by atoms with Gasteiger partial charge in [0.05, 0.1) is 19.6 Å². The molecule has 1 aliphatic heterocycles. The predicted molar refractivity (Wildman–Crippen MR) is 67.1 cm³/mol. The van der Waals surface area contributed by atoms with E-state index in [-0.39, 0.29) is 24.0 Å². The molecule has 0 bridgehead atoms. The summed E-state index contributed by atoms with van der Waals surface area (Å²) in [6, 6.07) is -0.185. The van der Waals surface area contributed by atoms with E-state index in [0.29, 0.717) is 19.6 Å². The normalized spacial score (nSPS) is 21.6. The van der Waals surface area contributed by atoms with E-state index in [4.69, 9.17) is 9.47 Å². The van der Waals surface area contributed by atoms with Crippen molar-refractivity contribution in [2.45, 2.75) is 52.1 Å². The highest BCUT2D eigenvalue weighted by Gasteiger charge is 2.35.